The Morgan fingerprint density at radius 3 is 2.88 bits per heavy atom. The highest BCUT2D eigenvalue weighted by atomic mass is 35.5. The van der Waals surface area contributed by atoms with Crippen molar-refractivity contribution in [2.24, 2.45) is 0 Å². The summed E-state index contributed by atoms with van der Waals surface area (Å²) in [5, 5.41) is 12.5. The normalized spacial score (nSPS) is 10.2. The minimum absolute atomic E-state index is 0.192. The van der Waals surface area contributed by atoms with Gasteiger partial charge in [-0.25, -0.2) is 4.79 Å². The summed E-state index contributed by atoms with van der Waals surface area (Å²) >= 11 is 5.83. The molecule has 1 aromatic heterocycles. The summed E-state index contributed by atoms with van der Waals surface area (Å²) in [6, 6.07) is 6.42. The van der Waals surface area contributed by atoms with Crippen LogP contribution in [-0.4, -0.2) is 11.1 Å². The van der Waals surface area contributed by atoms with Gasteiger partial charge in [0.15, 0.2) is 0 Å². The molecule has 0 saturated heterocycles. The molecule has 0 atom stereocenters. The second kappa shape index (κ2) is 4.93. The maximum Gasteiger partial charge on any atom is 0.337 e. The molecule has 4 nitrogen and oxygen atoms in total. The third kappa shape index (κ3) is 2.79. The van der Waals surface area contributed by atoms with Crippen LogP contribution in [-0.2, 0) is 6.54 Å². The van der Waals surface area contributed by atoms with Crippen LogP contribution in [0.5, 0.6) is 0 Å². The fourth-order valence-electron chi connectivity index (χ4n) is 1.44. The monoisotopic (exact) mass is 251 g/mol. The van der Waals surface area contributed by atoms with Crippen molar-refractivity contribution in [3.8, 4) is 0 Å². The lowest BCUT2D eigenvalue weighted by Crippen LogP contribution is -2.05. The van der Waals surface area contributed by atoms with Crippen LogP contribution in [0, 0.1) is 0 Å². The van der Waals surface area contributed by atoms with Crippen LogP contribution >= 0.6 is 11.6 Å². The van der Waals surface area contributed by atoms with Gasteiger partial charge in [0, 0.05) is 17.1 Å². The van der Waals surface area contributed by atoms with Crippen molar-refractivity contribution in [2.75, 3.05) is 5.32 Å². The average Bonchev–Trinajstić information content (AvgIpc) is 2.78. The number of aromatic carboxylic acids is 1. The van der Waals surface area contributed by atoms with E-state index >= 15 is 0 Å². The number of halogens is 1. The molecule has 0 unspecified atom stereocenters. The van der Waals surface area contributed by atoms with Crippen molar-refractivity contribution in [3.63, 3.8) is 0 Å². The van der Waals surface area contributed by atoms with Gasteiger partial charge in [-0.15, -0.1) is 0 Å². The standard InChI is InChI=1S/C12H10ClNO3/c13-9-1-2-10(12(15)16)11(5-9)14-6-8-3-4-17-7-8/h1-5,7,14H,6H2,(H,15,16). The van der Waals surface area contributed by atoms with E-state index in [1.165, 1.54) is 6.07 Å². The van der Waals surface area contributed by atoms with Crippen LogP contribution in [0.2, 0.25) is 5.02 Å². The van der Waals surface area contributed by atoms with Gasteiger partial charge in [0.2, 0.25) is 0 Å². The maximum absolute atomic E-state index is 11.0. The van der Waals surface area contributed by atoms with Gasteiger partial charge in [-0.2, -0.15) is 0 Å². The molecule has 17 heavy (non-hydrogen) atoms. The third-order valence-electron chi connectivity index (χ3n) is 2.28. The maximum atomic E-state index is 11.0. The Morgan fingerprint density at radius 1 is 1.41 bits per heavy atom. The molecule has 0 radical (unpaired) electrons. The minimum Gasteiger partial charge on any atom is -0.478 e. The van der Waals surface area contributed by atoms with Crippen molar-refractivity contribution >= 4 is 23.3 Å². The number of furan rings is 1. The number of rotatable bonds is 4. The molecule has 0 aliphatic heterocycles. The zero-order valence-corrected chi connectivity index (χ0v) is 9.57. The molecule has 0 spiro atoms. The van der Waals surface area contributed by atoms with Gasteiger partial charge in [0.1, 0.15) is 0 Å². The molecule has 0 aliphatic carbocycles. The molecular weight excluding hydrogens is 242 g/mol. The Bertz CT molecular complexity index is 523. The van der Waals surface area contributed by atoms with Crippen LogP contribution in [0.1, 0.15) is 15.9 Å². The van der Waals surface area contributed by atoms with Gasteiger partial charge >= 0.3 is 5.97 Å². The summed E-state index contributed by atoms with van der Waals surface area (Å²) in [6.45, 7) is 0.483. The first-order valence-electron chi connectivity index (χ1n) is 4.94. The number of nitrogens with one attached hydrogen (secondary N) is 1. The zero-order valence-electron chi connectivity index (χ0n) is 8.81. The zero-order chi connectivity index (χ0) is 12.3. The van der Waals surface area contributed by atoms with E-state index in [0.717, 1.165) is 5.56 Å². The Kier molecular flexibility index (Phi) is 3.35. The van der Waals surface area contributed by atoms with Crippen molar-refractivity contribution in [1.29, 1.82) is 0 Å². The second-order valence-corrected chi connectivity index (χ2v) is 3.92. The summed E-state index contributed by atoms with van der Waals surface area (Å²) in [5.74, 6) is -0.989. The van der Waals surface area contributed by atoms with Crippen molar-refractivity contribution in [2.45, 2.75) is 6.54 Å². The number of benzene rings is 1. The van der Waals surface area contributed by atoms with E-state index in [2.05, 4.69) is 5.32 Å². The van der Waals surface area contributed by atoms with Gasteiger partial charge in [-0.05, 0) is 24.3 Å². The average molecular weight is 252 g/mol. The summed E-state index contributed by atoms with van der Waals surface area (Å²) in [6.07, 6.45) is 3.16. The van der Waals surface area contributed by atoms with E-state index in [4.69, 9.17) is 21.1 Å². The van der Waals surface area contributed by atoms with Crippen LogP contribution in [0.3, 0.4) is 0 Å². The van der Waals surface area contributed by atoms with Crippen LogP contribution in [0.15, 0.2) is 41.2 Å². The Hall–Kier alpha value is -1.94. The summed E-state index contributed by atoms with van der Waals surface area (Å²) in [7, 11) is 0. The number of hydrogen-bond acceptors (Lipinski definition) is 3. The molecule has 0 aliphatic rings. The van der Waals surface area contributed by atoms with Gasteiger partial charge in [-0.1, -0.05) is 11.6 Å². The fourth-order valence-corrected chi connectivity index (χ4v) is 1.61. The molecule has 0 bridgehead atoms. The summed E-state index contributed by atoms with van der Waals surface area (Å²) in [4.78, 5) is 11.0. The van der Waals surface area contributed by atoms with Gasteiger partial charge in [-0.3, -0.25) is 0 Å². The summed E-state index contributed by atoms with van der Waals surface area (Å²) in [5.41, 5.74) is 1.62. The fraction of sp³-hybridized carbons (Fsp3) is 0.0833. The summed E-state index contributed by atoms with van der Waals surface area (Å²) < 4.78 is 4.92. The molecule has 2 rings (SSSR count). The first kappa shape index (κ1) is 11.5. The van der Waals surface area contributed by atoms with Gasteiger partial charge in [0.25, 0.3) is 0 Å². The van der Waals surface area contributed by atoms with E-state index in [0.29, 0.717) is 17.3 Å². The Labute approximate surface area is 103 Å². The lowest BCUT2D eigenvalue weighted by molar-refractivity contribution is 0.0698. The van der Waals surface area contributed by atoms with Gasteiger partial charge < -0.3 is 14.8 Å². The number of hydrogen-bond donors (Lipinski definition) is 2. The molecule has 2 N–H and O–H groups in total. The highest BCUT2D eigenvalue weighted by Crippen LogP contribution is 2.21. The number of carbonyl (C=O) groups is 1. The first-order valence-corrected chi connectivity index (χ1v) is 5.32. The van der Waals surface area contributed by atoms with E-state index in [9.17, 15) is 4.79 Å². The lowest BCUT2D eigenvalue weighted by Gasteiger charge is -2.08. The molecular formula is C12H10ClNO3. The SMILES string of the molecule is O=C(O)c1ccc(Cl)cc1NCc1ccoc1. The molecule has 88 valence electrons. The smallest absolute Gasteiger partial charge is 0.337 e. The minimum atomic E-state index is -0.989. The molecule has 1 aromatic carbocycles. The van der Waals surface area contributed by atoms with Gasteiger partial charge in [0.05, 0.1) is 23.8 Å². The predicted octanol–water partition coefficient (Wildman–Crippen LogP) is 3.24. The number of anilines is 1. The highest BCUT2D eigenvalue weighted by molar-refractivity contribution is 6.31. The van der Waals surface area contributed by atoms with E-state index < -0.39 is 5.97 Å². The lowest BCUT2D eigenvalue weighted by atomic mass is 10.1. The number of carboxylic acid groups (broad SMARTS) is 1. The Balaban J connectivity index is 2.19. The number of carboxylic acids is 1. The quantitative estimate of drug-likeness (QED) is 0.876. The first-order chi connectivity index (χ1) is 8.16. The van der Waals surface area contributed by atoms with E-state index in [1.807, 2.05) is 0 Å². The topological polar surface area (TPSA) is 62.5 Å². The van der Waals surface area contributed by atoms with Crippen LogP contribution in [0.4, 0.5) is 5.69 Å². The molecule has 2 aromatic rings. The largest absolute Gasteiger partial charge is 0.478 e. The van der Waals surface area contributed by atoms with Crippen molar-refractivity contribution in [1.82, 2.24) is 0 Å². The molecule has 1 heterocycles. The third-order valence-corrected chi connectivity index (χ3v) is 2.51. The van der Waals surface area contributed by atoms with Crippen LogP contribution in [0.25, 0.3) is 0 Å². The van der Waals surface area contributed by atoms with Crippen LogP contribution < -0.4 is 5.32 Å². The Morgan fingerprint density at radius 2 is 2.24 bits per heavy atom. The molecule has 0 saturated carbocycles. The van der Waals surface area contributed by atoms with Crippen molar-refractivity contribution in [3.05, 3.63) is 52.9 Å². The molecule has 5 heteroatoms. The molecule has 0 fully saturated rings. The van der Waals surface area contributed by atoms with E-state index in [-0.39, 0.29) is 5.56 Å². The highest BCUT2D eigenvalue weighted by Gasteiger charge is 2.10. The predicted molar refractivity (Wildman–Crippen MR) is 64.4 cm³/mol. The van der Waals surface area contributed by atoms with Crippen molar-refractivity contribution < 1.29 is 14.3 Å². The second-order valence-electron chi connectivity index (χ2n) is 3.48. The molecule has 0 amide bonds. The van der Waals surface area contributed by atoms with E-state index in [1.54, 1.807) is 30.7 Å².